The fourth-order valence-electron chi connectivity index (χ4n) is 2.63. The lowest BCUT2D eigenvalue weighted by molar-refractivity contribution is 0.0993. The van der Waals surface area contributed by atoms with Gasteiger partial charge in [0.2, 0.25) is 0 Å². The summed E-state index contributed by atoms with van der Waals surface area (Å²) >= 11 is 0. The van der Waals surface area contributed by atoms with Crippen LogP contribution >= 0.6 is 0 Å². The Morgan fingerprint density at radius 1 is 0.960 bits per heavy atom. The summed E-state index contributed by atoms with van der Waals surface area (Å²) in [4.78, 5) is 14.4. The van der Waals surface area contributed by atoms with E-state index in [1.807, 2.05) is 62.5 Å². The highest BCUT2D eigenvalue weighted by Crippen LogP contribution is 2.15. The number of hydrogen-bond acceptors (Lipinski definition) is 3. The predicted octanol–water partition coefficient (Wildman–Crippen LogP) is 4.47. The maximum atomic E-state index is 12.3. The van der Waals surface area contributed by atoms with Crippen molar-refractivity contribution < 1.29 is 9.21 Å². The van der Waals surface area contributed by atoms with Crippen molar-refractivity contribution >= 4 is 11.6 Å². The van der Waals surface area contributed by atoms with Crippen molar-refractivity contribution in [3.05, 3.63) is 89.4 Å². The van der Waals surface area contributed by atoms with Gasteiger partial charge in [0, 0.05) is 12.2 Å². The van der Waals surface area contributed by atoms with Crippen LogP contribution in [0.3, 0.4) is 0 Å². The molecule has 3 aromatic rings. The van der Waals surface area contributed by atoms with E-state index < -0.39 is 0 Å². The molecule has 3 rings (SSSR count). The van der Waals surface area contributed by atoms with Gasteiger partial charge >= 0.3 is 0 Å². The molecular weight excluding hydrogens is 312 g/mol. The zero-order valence-electron chi connectivity index (χ0n) is 14.5. The van der Waals surface area contributed by atoms with Crippen molar-refractivity contribution in [1.82, 2.24) is 4.90 Å². The predicted molar refractivity (Wildman–Crippen MR) is 99.5 cm³/mol. The first-order valence-corrected chi connectivity index (χ1v) is 8.29. The Labute approximate surface area is 148 Å². The van der Waals surface area contributed by atoms with Crippen LogP contribution in [-0.2, 0) is 13.1 Å². The van der Waals surface area contributed by atoms with E-state index in [2.05, 4.69) is 22.3 Å². The number of furan rings is 1. The van der Waals surface area contributed by atoms with Crippen LogP contribution in [0.5, 0.6) is 0 Å². The van der Waals surface area contributed by atoms with Gasteiger partial charge in [-0.1, -0.05) is 48.0 Å². The number of nitrogens with one attached hydrogen (secondary N) is 1. The highest BCUT2D eigenvalue weighted by Gasteiger charge is 2.12. The minimum atomic E-state index is -0.235. The number of hydrogen-bond donors (Lipinski definition) is 1. The van der Waals surface area contributed by atoms with E-state index in [-0.39, 0.29) is 5.91 Å². The molecule has 1 amide bonds. The number of carbonyl (C=O) groups is 1. The Morgan fingerprint density at radius 2 is 1.68 bits per heavy atom. The SMILES string of the molecule is Cc1ccc(NC(=O)c2ccc(CN(C)Cc3ccccc3)o2)cc1. The molecule has 0 bridgehead atoms. The molecule has 0 saturated heterocycles. The van der Waals surface area contributed by atoms with E-state index in [1.54, 1.807) is 6.07 Å². The molecule has 0 atom stereocenters. The third kappa shape index (κ3) is 4.81. The van der Waals surface area contributed by atoms with Gasteiger partial charge in [-0.25, -0.2) is 0 Å². The van der Waals surface area contributed by atoms with E-state index >= 15 is 0 Å². The maximum Gasteiger partial charge on any atom is 0.291 e. The average Bonchev–Trinajstić information content (AvgIpc) is 3.06. The largest absolute Gasteiger partial charge is 0.455 e. The number of anilines is 1. The highest BCUT2D eigenvalue weighted by atomic mass is 16.4. The summed E-state index contributed by atoms with van der Waals surface area (Å²) in [7, 11) is 2.03. The number of nitrogens with zero attached hydrogens (tertiary/aromatic N) is 1. The Morgan fingerprint density at radius 3 is 2.40 bits per heavy atom. The van der Waals surface area contributed by atoms with Gasteiger partial charge in [0.25, 0.3) is 5.91 Å². The molecule has 128 valence electrons. The van der Waals surface area contributed by atoms with Crippen LogP contribution in [0, 0.1) is 6.92 Å². The second-order valence-electron chi connectivity index (χ2n) is 6.24. The van der Waals surface area contributed by atoms with Crippen molar-refractivity contribution in [2.45, 2.75) is 20.0 Å². The molecule has 1 heterocycles. The zero-order valence-corrected chi connectivity index (χ0v) is 14.5. The molecule has 0 aliphatic heterocycles. The van der Waals surface area contributed by atoms with E-state index in [0.717, 1.165) is 23.6 Å². The van der Waals surface area contributed by atoms with Crippen LogP contribution < -0.4 is 5.32 Å². The molecule has 4 nitrogen and oxygen atoms in total. The lowest BCUT2D eigenvalue weighted by Crippen LogP contribution is -2.16. The topological polar surface area (TPSA) is 45.5 Å². The monoisotopic (exact) mass is 334 g/mol. The lowest BCUT2D eigenvalue weighted by atomic mass is 10.2. The van der Waals surface area contributed by atoms with E-state index in [9.17, 15) is 4.79 Å². The van der Waals surface area contributed by atoms with Gasteiger partial charge in [-0.15, -0.1) is 0 Å². The number of carbonyl (C=O) groups excluding carboxylic acids is 1. The summed E-state index contributed by atoms with van der Waals surface area (Å²) in [5.74, 6) is 0.858. The van der Waals surface area contributed by atoms with Crippen LogP contribution in [0.4, 0.5) is 5.69 Å². The Kier molecular flexibility index (Phi) is 5.31. The first kappa shape index (κ1) is 17.0. The molecule has 1 N–H and O–H groups in total. The van der Waals surface area contributed by atoms with Gasteiger partial charge in [-0.3, -0.25) is 9.69 Å². The number of aryl methyl sites for hydroxylation is 1. The standard InChI is InChI=1S/C21H22N2O2/c1-16-8-10-18(11-9-16)22-21(24)20-13-12-19(25-20)15-23(2)14-17-6-4-3-5-7-17/h3-13H,14-15H2,1-2H3,(H,22,24). The quantitative estimate of drug-likeness (QED) is 0.723. The molecule has 0 fully saturated rings. The Hall–Kier alpha value is -2.85. The van der Waals surface area contributed by atoms with Gasteiger partial charge in [-0.05, 0) is 43.8 Å². The smallest absolute Gasteiger partial charge is 0.291 e. The molecule has 0 radical (unpaired) electrons. The van der Waals surface area contributed by atoms with Crippen LogP contribution in [0.25, 0.3) is 0 Å². The Balaban J connectivity index is 1.58. The molecule has 1 aromatic heterocycles. The fraction of sp³-hybridized carbons (Fsp3) is 0.190. The summed E-state index contributed by atoms with van der Waals surface area (Å²) in [6.07, 6.45) is 0. The summed E-state index contributed by atoms with van der Waals surface area (Å²) in [6, 6.07) is 21.5. The van der Waals surface area contributed by atoms with Crippen LogP contribution in [0.1, 0.15) is 27.4 Å². The zero-order chi connectivity index (χ0) is 17.6. The summed E-state index contributed by atoms with van der Waals surface area (Å²) in [5, 5.41) is 2.85. The minimum Gasteiger partial charge on any atom is -0.455 e. The second kappa shape index (κ2) is 7.81. The van der Waals surface area contributed by atoms with Crippen LogP contribution in [-0.4, -0.2) is 17.9 Å². The Bertz CT molecular complexity index is 823. The molecule has 0 aliphatic rings. The molecule has 2 aromatic carbocycles. The number of rotatable bonds is 6. The molecule has 4 heteroatoms. The number of amides is 1. The number of benzene rings is 2. The maximum absolute atomic E-state index is 12.3. The first-order valence-electron chi connectivity index (χ1n) is 8.29. The summed E-state index contributed by atoms with van der Waals surface area (Å²) in [6.45, 7) is 3.48. The highest BCUT2D eigenvalue weighted by molar-refractivity contribution is 6.02. The second-order valence-corrected chi connectivity index (χ2v) is 6.24. The van der Waals surface area contributed by atoms with Crippen LogP contribution in [0.2, 0.25) is 0 Å². The normalized spacial score (nSPS) is 10.8. The molecule has 0 saturated carbocycles. The molecular formula is C21H22N2O2. The van der Waals surface area contributed by atoms with E-state index in [4.69, 9.17) is 4.42 Å². The fourth-order valence-corrected chi connectivity index (χ4v) is 2.63. The van der Waals surface area contributed by atoms with Crippen molar-refractivity contribution in [3.8, 4) is 0 Å². The molecule has 0 aliphatic carbocycles. The summed E-state index contributed by atoms with van der Waals surface area (Å²) in [5.41, 5.74) is 3.16. The van der Waals surface area contributed by atoms with Crippen molar-refractivity contribution in [2.75, 3.05) is 12.4 Å². The summed E-state index contributed by atoms with van der Waals surface area (Å²) < 4.78 is 5.70. The van der Waals surface area contributed by atoms with Gasteiger partial charge in [0.15, 0.2) is 5.76 Å². The van der Waals surface area contributed by atoms with Gasteiger partial charge < -0.3 is 9.73 Å². The minimum absolute atomic E-state index is 0.235. The van der Waals surface area contributed by atoms with E-state index in [1.165, 1.54) is 5.56 Å². The van der Waals surface area contributed by atoms with Crippen molar-refractivity contribution in [1.29, 1.82) is 0 Å². The van der Waals surface area contributed by atoms with Crippen molar-refractivity contribution in [3.63, 3.8) is 0 Å². The van der Waals surface area contributed by atoms with Gasteiger partial charge in [0.05, 0.1) is 6.54 Å². The van der Waals surface area contributed by atoms with E-state index in [0.29, 0.717) is 12.3 Å². The van der Waals surface area contributed by atoms with Crippen LogP contribution in [0.15, 0.2) is 71.1 Å². The molecule has 25 heavy (non-hydrogen) atoms. The average molecular weight is 334 g/mol. The lowest BCUT2D eigenvalue weighted by Gasteiger charge is -2.15. The van der Waals surface area contributed by atoms with Gasteiger partial charge in [-0.2, -0.15) is 0 Å². The first-order chi connectivity index (χ1) is 12.1. The van der Waals surface area contributed by atoms with Crippen molar-refractivity contribution in [2.24, 2.45) is 0 Å². The third-order valence-corrected chi connectivity index (χ3v) is 3.92. The van der Waals surface area contributed by atoms with Gasteiger partial charge in [0.1, 0.15) is 5.76 Å². The molecule has 0 spiro atoms. The molecule has 0 unspecified atom stereocenters. The third-order valence-electron chi connectivity index (χ3n) is 3.92.